The van der Waals surface area contributed by atoms with Gasteiger partial charge in [-0.05, 0) is 45.7 Å². The van der Waals surface area contributed by atoms with E-state index in [1.807, 2.05) is 13.0 Å². The average Bonchev–Trinajstić information content (AvgIpc) is 2.45. The Bertz CT molecular complexity index is 404. The van der Waals surface area contributed by atoms with Crippen LogP contribution in [0, 0.1) is 12.8 Å². The van der Waals surface area contributed by atoms with Gasteiger partial charge >= 0.3 is 0 Å². The largest absolute Gasteiger partial charge is 0.481 e. The van der Waals surface area contributed by atoms with Crippen LogP contribution >= 0.6 is 0 Å². The fraction of sp³-hybridized carbons (Fsp3) is 0.714. The lowest BCUT2D eigenvalue weighted by Crippen LogP contribution is -2.37. The topological polar surface area (TPSA) is 50.3 Å². The Morgan fingerprint density at radius 1 is 1.37 bits per heavy atom. The molecular formula is C14H24N4O. The highest BCUT2D eigenvalue weighted by atomic mass is 16.5. The molecule has 1 saturated heterocycles. The van der Waals surface area contributed by atoms with E-state index >= 15 is 0 Å². The van der Waals surface area contributed by atoms with Gasteiger partial charge in [-0.1, -0.05) is 0 Å². The molecule has 2 rings (SSSR count). The molecule has 1 N–H and O–H groups in total. The van der Waals surface area contributed by atoms with E-state index in [1.54, 1.807) is 7.11 Å². The number of nitrogens with one attached hydrogen (secondary N) is 1. The van der Waals surface area contributed by atoms with Gasteiger partial charge < -0.3 is 15.0 Å². The fourth-order valence-corrected chi connectivity index (χ4v) is 2.50. The molecule has 1 aromatic rings. The quantitative estimate of drug-likeness (QED) is 0.876. The number of ether oxygens (including phenoxy) is 1. The minimum atomic E-state index is 0.645. The van der Waals surface area contributed by atoms with Crippen molar-refractivity contribution in [3.63, 3.8) is 0 Å². The first-order valence-electron chi connectivity index (χ1n) is 7.08. The summed E-state index contributed by atoms with van der Waals surface area (Å²) in [7, 11) is 1.65. The third-order valence-electron chi connectivity index (χ3n) is 3.63. The summed E-state index contributed by atoms with van der Waals surface area (Å²) in [5, 5.41) is 3.40. The summed E-state index contributed by atoms with van der Waals surface area (Å²) in [5.74, 6) is 2.17. The van der Waals surface area contributed by atoms with E-state index in [9.17, 15) is 0 Å². The van der Waals surface area contributed by atoms with Crippen LogP contribution in [0.2, 0.25) is 0 Å². The molecule has 0 unspecified atom stereocenters. The van der Waals surface area contributed by atoms with E-state index in [4.69, 9.17) is 4.74 Å². The van der Waals surface area contributed by atoms with Crippen LogP contribution in [-0.4, -0.2) is 43.3 Å². The van der Waals surface area contributed by atoms with Gasteiger partial charge in [-0.3, -0.25) is 0 Å². The minimum absolute atomic E-state index is 0.645. The van der Waals surface area contributed by atoms with Crippen LogP contribution in [-0.2, 0) is 0 Å². The van der Waals surface area contributed by atoms with E-state index in [-0.39, 0.29) is 0 Å². The highest BCUT2D eigenvalue weighted by Crippen LogP contribution is 2.19. The van der Waals surface area contributed by atoms with Gasteiger partial charge in [0.1, 0.15) is 0 Å². The molecule has 19 heavy (non-hydrogen) atoms. The van der Waals surface area contributed by atoms with E-state index in [1.165, 1.54) is 12.8 Å². The van der Waals surface area contributed by atoms with Crippen LogP contribution in [0.25, 0.3) is 0 Å². The Labute approximate surface area is 115 Å². The second kappa shape index (κ2) is 6.70. The van der Waals surface area contributed by atoms with E-state index in [0.717, 1.165) is 43.7 Å². The summed E-state index contributed by atoms with van der Waals surface area (Å²) >= 11 is 0. The third-order valence-corrected chi connectivity index (χ3v) is 3.63. The summed E-state index contributed by atoms with van der Waals surface area (Å²) < 4.78 is 5.23. The summed E-state index contributed by atoms with van der Waals surface area (Å²) in [6.07, 6.45) is 2.47. The van der Waals surface area contributed by atoms with Crippen LogP contribution in [0.5, 0.6) is 5.88 Å². The number of anilines is 1. The zero-order valence-corrected chi connectivity index (χ0v) is 12.1. The van der Waals surface area contributed by atoms with Gasteiger partial charge in [0.25, 0.3) is 0 Å². The lowest BCUT2D eigenvalue weighted by molar-refractivity contribution is 0.371. The predicted octanol–water partition coefficient (Wildman–Crippen LogP) is 1.62. The Kier molecular flexibility index (Phi) is 4.96. The lowest BCUT2D eigenvalue weighted by Gasteiger charge is -2.29. The second-order valence-corrected chi connectivity index (χ2v) is 5.08. The first kappa shape index (κ1) is 14.1. The molecule has 1 aromatic heterocycles. The van der Waals surface area contributed by atoms with Crippen molar-refractivity contribution in [1.29, 1.82) is 0 Å². The van der Waals surface area contributed by atoms with Crippen LogP contribution < -0.4 is 15.0 Å². The van der Waals surface area contributed by atoms with Crippen molar-refractivity contribution in [2.75, 3.05) is 38.2 Å². The monoisotopic (exact) mass is 264 g/mol. The molecule has 1 fully saturated rings. The van der Waals surface area contributed by atoms with E-state index in [2.05, 4.69) is 27.1 Å². The maximum atomic E-state index is 5.23. The molecule has 0 spiro atoms. The van der Waals surface area contributed by atoms with Crippen LogP contribution in [0.15, 0.2) is 6.07 Å². The summed E-state index contributed by atoms with van der Waals surface area (Å²) in [6, 6.07) is 1.86. The predicted molar refractivity (Wildman–Crippen MR) is 76.8 cm³/mol. The minimum Gasteiger partial charge on any atom is -0.481 e. The molecule has 1 aliphatic rings. The van der Waals surface area contributed by atoms with Crippen molar-refractivity contribution in [1.82, 2.24) is 15.3 Å². The van der Waals surface area contributed by atoms with Gasteiger partial charge in [0.05, 0.1) is 7.11 Å². The number of methoxy groups -OCH3 is 1. The smallest absolute Gasteiger partial charge is 0.228 e. The van der Waals surface area contributed by atoms with Crippen molar-refractivity contribution in [3.8, 4) is 5.88 Å². The van der Waals surface area contributed by atoms with Crippen molar-refractivity contribution in [3.05, 3.63) is 11.8 Å². The molecule has 5 nitrogen and oxygen atoms in total. The maximum absolute atomic E-state index is 5.23. The average molecular weight is 264 g/mol. The van der Waals surface area contributed by atoms with Crippen LogP contribution in [0.4, 0.5) is 5.95 Å². The Hall–Kier alpha value is -1.36. The molecule has 0 amide bonds. The molecule has 0 saturated carbocycles. The molecule has 0 radical (unpaired) electrons. The number of aryl methyl sites for hydroxylation is 1. The van der Waals surface area contributed by atoms with Gasteiger partial charge in [-0.15, -0.1) is 0 Å². The molecule has 2 heterocycles. The van der Waals surface area contributed by atoms with Gasteiger partial charge in [-0.25, -0.2) is 4.98 Å². The molecule has 0 aromatic carbocycles. The van der Waals surface area contributed by atoms with Gasteiger partial charge in [0.15, 0.2) is 0 Å². The number of aromatic nitrogens is 2. The van der Waals surface area contributed by atoms with Crippen molar-refractivity contribution in [2.45, 2.75) is 26.7 Å². The number of hydrogen-bond acceptors (Lipinski definition) is 5. The van der Waals surface area contributed by atoms with E-state index in [0.29, 0.717) is 5.88 Å². The molecular weight excluding hydrogens is 240 g/mol. The zero-order valence-electron chi connectivity index (χ0n) is 12.1. The third kappa shape index (κ3) is 3.80. The standard InChI is InChI=1S/C14H24N4O/c1-4-18(10-12-5-7-15-8-6-12)14-16-11(2)9-13(17-14)19-3/h9,12,15H,4-8,10H2,1-3H3. The second-order valence-electron chi connectivity index (χ2n) is 5.08. The SMILES string of the molecule is CCN(CC1CCNCC1)c1nc(C)cc(OC)n1. The Balaban J connectivity index is 2.09. The fourth-order valence-electron chi connectivity index (χ4n) is 2.50. The van der Waals surface area contributed by atoms with Crippen LogP contribution in [0.1, 0.15) is 25.5 Å². The molecule has 1 aliphatic heterocycles. The molecule has 5 heteroatoms. The number of nitrogens with zero attached hydrogens (tertiary/aromatic N) is 3. The Morgan fingerprint density at radius 2 is 2.11 bits per heavy atom. The first-order chi connectivity index (χ1) is 9.22. The van der Waals surface area contributed by atoms with E-state index < -0.39 is 0 Å². The summed E-state index contributed by atoms with van der Waals surface area (Å²) in [6.45, 7) is 8.34. The lowest BCUT2D eigenvalue weighted by atomic mass is 9.98. The van der Waals surface area contributed by atoms with Gasteiger partial charge in [0.2, 0.25) is 11.8 Å². The summed E-state index contributed by atoms with van der Waals surface area (Å²) in [4.78, 5) is 11.3. The number of rotatable bonds is 5. The number of piperidine rings is 1. The molecule has 106 valence electrons. The number of hydrogen-bond donors (Lipinski definition) is 1. The van der Waals surface area contributed by atoms with Crippen LogP contribution in [0.3, 0.4) is 0 Å². The highest BCUT2D eigenvalue weighted by Gasteiger charge is 2.18. The summed E-state index contributed by atoms with van der Waals surface area (Å²) in [5.41, 5.74) is 0.950. The first-order valence-corrected chi connectivity index (χ1v) is 7.08. The highest BCUT2D eigenvalue weighted by molar-refractivity contribution is 5.34. The van der Waals surface area contributed by atoms with Crippen molar-refractivity contribution >= 4 is 5.95 Å². The maximum Gasteiger partial charge on any atom is 0.228 e. The van der Waals surface area contributed by atoms with Gasteiger partial charge in [-0.2, -0.15) is 4.98 Å². The van der Waals surface area contributed by atoms with Crippen molar-refractivity contribution < 1.29 is 4.74 Å². The van der Waals surface area contributed by atoms with Gasteiger partial charge in [0, 0.05) is 24.8 Å². The zero-order chi connectivity index (χ0) is 13.7. The molecule has 0 aliphatic carbocycles. The van der Waals surface area contributed by atoms with Crippen molar-refractivity contribution in [2.24, 2.45) is 5.92 Å². The molecule has 0 bridgehead atoms. The normalized spacial score (nSPS) is 16.4. The molecule has 0 atom stereocenters. The Morgan fingerprint density at radius 3 is 2.74 bits per heavy atom.